The van der Waals surface area contributed by atoms with Crippen LogP contribution in [0.1, 0.15) is 0 Å². The van der Waals surface area contributed by atoms with Crippen LogP contribution in [-0.4, -0.2) is 18.4 Å². The van der Waals surface area contributed by atoms with Gasteiger partial charge < -0.3 is 0 Å². The average Bonchev–Trinajstić information content (AvgIpc) is 1.79. The third kappa shape index (κ3) is 3.98. The van der Waals surface area contributed by atoms with Gasteiger partial charge >= 0.3 is 18.4 Å². The predicted octanol–water partition coefficient (Wildman–Crippen LogP) is 3.70. The normalized spacial score (nSPS) is 18.6. The van der Waals surface area contributed by atoms with Crippen LogP contribution in [0.3, 0.4) is 0 Å². The molecule has 0 bridgehead atoms. The molecule has 1 atom stereocenters. The molecule has 0 heterocycles. The Morgan fingerprint density at radius 2 is 1.36 bits per heavy atom. The van der Waals surface area contributed by atoms with Crippen LogP contribution >= 0.6 is 22.6 Å². The maximum atomic E-state index is 12.6. The molecule has 0 rings (SSSR count). The van der Waals surface area contributed by atoms with Gasteiger partial charge in [0.25, 0.3) is 0 Å². The Balaban J connectivity index is 4.93. The van der Waals surface area contributed by atoms with Crippen molar-refractivity contribution in [1.82, 2.24) is 0 Å². The standard InChI is InChI=1S/C5H2F7IO/c6-3(1-2-13,4(7,8)9)14-5(10,11)12/h1-2H/b2-1-/t3-/m1/s1. The highest BCUT2D eigenvalue weighted by atomic mass is 127. The van der Waals surface area contributed by atoms with Crippen molar-refractivity contribution in [3.63, 3.8) is 0 Å². The van der Waals surface area contributed by atoms with E-state index in [0.717, 1.165) is 22.6 Å². The number of ether oxygens (including phenoxy) is 1. The summed E-state index contributed by atoms with van der Waals surface area (Å²) >= 11 is 1.14. The maximum absolute atomic E-state index is 12.6. The fraction of sp³-hybridized carbons (Fsp3) is 0.600. The average molecular weight is 338 g/mol. The van der Waals surface area contributed by atoms with Crippen molar-refractivity contribution in [2.45, 2.75) is 18.4 Å². The van der Waals surface area contributed by atoms with E-state index in [9.17, 15) is 30.7 Å². The largest absolute Gasteiger partial charge is 0.525 e. The van der Waals surface area contributed by atoms with E-state index in [1.165, 1.54) is 0 Å². The predicted molar refractivity (Wildman–Crippen MR) is 40.2 cm³/mol. The molecule has 0 aliphatic heterocycles. The molecular formula is C5H2F7IO. The Labute approximate surface area is 87.0 Å². The lowest BCUT2D eigenvalue weighted by Crippen LogP contribution is -2.45. The summed E-state index contributed by atoms with van der Waals surface area (Å²) in [5, 5.41) is 0. The van der Waals surface area contributed by atoms with Crippen LogP contribution in [0.2, 0.25) is 0 Å². The third-order valence-corrected chi connectivity index (χ3v) is 1.29. The first kappa shape index (κ1) is 13.9. The van der Waals surface area contributed by atoms with Crippen molar-refractivity contribution in [3.8, 4) is 0 Å². The molecule has 9 heteroatoms. The Hall–Kier alpha value is -0.0600. The van der Waals surface area contributed by atoms with Gasteiger partial charge in [0.05, 0.1) is 0 Å². The molecule has 0 aliphatic carbocycles. The minimum absolute atomic E-state index is 0.374. The SMILES string of the molecule is FC(F)(F)O[C@](F)(/C=C\I)C(F)(F)F. The molecule has 0 saturated heterocycles. The summed E-state index contributed by atoms with van der Waals surface area (Å²) in [6, 6.07) is 0. The molecule has 0 aromatic heterocycles. The zero-order valence-electron chi connectivity index (χ0n) is 6.09. The van der Waals surface area contributed by atoms with E-state index in [0.29, 0.717) is 4.08 Å². The van der Waals surface area contributed by atoms with Crippen molar-refractivity contribution >= 4 is 22.6 Å². The Bertz CT molecular complexity index is 219. The first-order valence-electron chi connectivity index (χ1n) is 2.82. The summed E-state index contributed by atoms with van der Waals surface area (Å²) in [6.45, 7) is 0. The molecular weight excluding hydrogens is 336 g/mol. The summed E-state index contributed by atoms with van der Waals surface area (Å²) in [7, 11) is 0. The van der Waals surface area contributed by atoms with Crippen molar-refractivity contribution in [2.75, 3.05) is 0 Å². The molecule has 0 saturated carbocycles. The van der Waals surface area contributed by atoms with Crippen LogP contribution in [0.15, 0.2) is 10.2 Å². The zero-order chi connectivity index (χ0) is 11.6. The molecule has 0 unspecified atom stereocenters. The third-order valence-electron chi connectivity index (χ3n) is 0.928. The lowest BCUT2D eigenvalue weighted by atomic mass is 10.3. The Morgan fingerprint density at radius 3 is 1.57 bits per heavy atom. The smallest absolute Gasteiger partial charge is 0.242 e. The highest BCUT2D eigenvalue weighted by Gasteiger charge is 2.61. The van der Waals surface area contributed by atoms with Crippen molar-refractivity contribution in [1.29, 1.82) is 0 Å². The zero-order valence-corrected chi connectivity index (χ0v) is 8.24. The molecule has 0 aromatic carbocycles. The van der Waals surface area contributed by atoms with E-state index < -0.39 is 18.4 Å². The quantitative estimate of drug-likeness (QED) is 0.551. The number of alkyl halides is 7. The minimum atomic E-state index is -5.79. The van der Waals surface area contributed by atoms with E-state index in [2.05, 4.69) is 4.74 Å². The lowest BCUT2D eigenvalue weighted by Gasteiger charge is -2.25. The summed E-state index contributed by atoms with van der Waals surface area (Å²) in [4.78, 5) is 0. The highest BCUT2D eigenvalue weighted by molar-refractivity contribution is 14.1. The van der Waals surface area contributed by atoms with Crippen molar-refractivity contribution < 1.29 is 35.5 Å². The fourth-order valence-corrected chi connectivity index (χ4v) is 0.898. The van der Waals surface area contributed by atoms with Gasteiger partial charge in [-0.05, 0) is 10.2 Å². The number of hydrogen-bond donors (Lipinski definition) is 0. The summed E-state index contributed by atoms with van der Waals surface area (Å²) in [5.41, 5.74) is 0. The van der Waals surface area contributed by atoms with Crippen LogP contribution < -0.4 is 0 Å². The van der Waals surface area contributed by atoms with Crippen LogP contribution in [0.5, 0.6) is 0 Å². The van der Waals surface area contributed by atoms with Crippen LogP contribution in [0.25, 0.3) is 0 Å². The van der Waals surface area contributed by atoms with Crippen LogP contribution in [0.4, 0.5) is 30.7 Å². The van der Waals surface area contributed by atoms with E-state index >= 15 is 0 Å². The topological polar surface area (TPSA) is 9.23 Å². The number of rotatable bonds is 2. The summed E-state index contributed by atoms with van der Waals surface area (Å²) in [5.74, 6) is -4.84. The second kappa shape index (κ2) is 4.21. The van der Waals surface area contributed by atoms with E-state index in [-0.39, 0.29) is 6.08 Å². The molecule has 0 aromatic rings. The first-order valence-corrected chi connectivity index (χ1v) is 4.07. The van der Waals surface area contributed by atoms with Gasteiger partial charge in [0, 0.05) is 0 Å². The second-order valence-corrected chi connectivity index (χ2v) is 2.70. The van der Waals surface area contributed by atoms with Gasteiger partial charge in [-0.25, -0.2) is 4.74 Å². The first-order chi connectivity index (χ1) is 6.02. The van der Waals surface area contributed by atoms with Crippen LogP contribution in [-0.2, 0) is 4.74 Å². The summed E-state index contributed by atoms with van der Waals surface area (Å²) < 4.78 is 84.9. The van der Waals surface area contributed by atoms with E-state index in [1.54, 1.807) is 0 Å². The molecule has 0 fully saturated rings. The minimum Gasteiger partial charge on any atom is -0.242 e. The van der Waals surface area contributed by atoms with Gasteiger partial charge in [-0.2, -0.15) is 17.6 Å². The molecule has 0 spiro atoms. The Morgan fingerprint density at radius 1 is 0.929 bits per heavy atom. The van der Waals surface area contributed by atoms with Gasteiger partial charge in [0.2, 0.25) is 0 Å². The molecule has 0 radical (unpaired) electrons. The van der Waals surface area contributed by atoms with Gasteiger partial charge in [0.15, 0.2) is 0 Å². The second-order valence-electron chi connectivity index (χ2n) is 1.98. The Kier molecular flexibility index (Phi) is 4.19. The summed E-state index contributed by atoms with van der Waals surface area (Å²) in [6.07, 6.45) is -11.9. The van der Waals surface area contributed by atoms with Crippen molar-refractivity contribution in [2.24, 2.45) is 0 Å². The molecule has 0 aliphatic rings. The molecule has 1 nitrogen and oxygen atoms in total. The monoisotopic (exact) mass is 338 g/mol. The van der Waals surface area contributed by atoms with E-state index in [1.807, 2.05) is 0 Å². The number of halogens is 8. The van der Waals surface area contributed by atoms with E-state index in [4.69, 9.17) is 0 Å². The van der Waals surface area contributed by atoms with Gasteiger partial charge in [-0.1, -0.05) is 22.6 Å². The van der Waals surface area contributed by atoms with Gasteiger partial charge in [0.1, 0.15) is 0 Å². The molecule has 0 amide bonds. The highest BCUT2D eigenvalue weighted by Crippen LogP contribution is 2.40. The fourth-order valence-electron chi connectivity index (χ4n) is 0.436. The van der Waals surface area contributed by atoms with Crippen molar-refractivity contribution in [3.05, 3.63) is 10.2 Å². The molecule has 84 valence electrons. The maximum Gasteiger partial charge on any atom is 0.525 e. The molecule has 14 heavy (non-hydrogen) atoms. The number of hydrogen-bond acceptors (Lipinski definition) is 1. The van der Waals surface area contributed by atoms with Crippen LogP contribution in [0, 0.1) is 0 Å². The van der Waals surface area contributed by atoms with Gasteiger partial charge in [-0.3, -0.25) is 0 Å². The lowest BCUT2D eigenvalue weighted by molar-refractivity contribution is -0.432. The molecule has 0 N–H and O–H groups in total. The van der Waals surface area contributed by atoms with Gasteiger partial charge in [-0.15, -0.1) is 13.2 Å².